The van der Waals surface area contributed by atoms with Crippen molar-refractivity contribution in [1.82, 2.24) is 25.1 Å². The smallest absolute Gasteiger partial charge is 0.314 e. The van der Waals surface area contributed by atoms with Crippen LogP contribution in [-0.2, 0) is 16.6 Å². The van der Waals surface area contributed by atoms with E-state index in [0.717, 1.165) is 51.4 Å². The largest absolute Gasteiger partial charge is 0.415 e. The number of alkyl halides is 2. The van der Waals surface area contributed by atoms with E-state index in [0.29, 0.717) is 17.5 Å². The zero-order chi connectivity index (χ0) is 23.8. The zero-order valence-electron chi connectivity index (χ0n) is 19.6. The molecule has 0 atom stereocenters. The maximum Gasteiger partial charge on any atom is 0.314 e. The Morgan fingerprint density at radius 1 is 1.00 bits per heavy atom. The number of rotatable bonds is 7. The van der Waals surface area contributed by atoms with Crippen molar-refractivity contribution in [2.45, 2.75) is 62.3 Å². The van der Waals surface area contributed by atoms with Crippen LogP contribution in [0.25, 0.3) is 11.5 Å². The van der Waals surface area contributed by atoms with Crippen LogP contribution in [0.15, 0.2) is 41.1 Å². The molecule has 2 aromatic heterocycles. The van der Waals surface area contributed by atoms with Crippen molar-refractivity contribution in [1.29, 1.82) is 0 Å². The van der Waals surface area contributed by atoms with Gasteiger partial charge in [-0.1, -0.05) is 30.7 Å². The van der Waals surface area contributed by atoms with Gasteiger partial charge < -0.3 is 9.15 Å². The molecule has 3 aliphatic rings. The lowest BCUT2D eigenvalue weighted by molar-refractivity contribution is -0.0712. The topological polar surface area (TPSA) is 77.2 Å². The van der Waals surface area contributed by atoms with Gasteiger partial charge in [0.15, 0.2) is 0 Å². The highest BCUT2D eigenvalue weighted by atomic mass is 19.3. The molecule has 7 nitrogen and oxygen atoms in total. The monoisotopic (exact) mass is 481 g/mol. The minimum absolute atomic E-state index is 0.00708. The van der Waals surface area contributed by atoms with Gasteiger partial charge in [-0.2, -0.15) is 8.78 Å². The number of aromatic nitrogens is 4. The summed E-state index contributed by atoms with van der Waals surface area (Å²) in [6.45, 7) is 4.10. The second-order valence-corrected chi connectivity index (χ2v) is 10.1. The highest BCUT2D eigenvalue weighted by molar-refractivity contribution is 5.48. The molecule has 1 aromatic carbocycles. The van der Waals surface area contributed by atoms with Crippen LogP contribution in [0.2, 0.25) is 0 Å². The summed E-state index contributed by atoms with van der Waals surface area (Å²) in [6.07, 6.45) is 6.94. The van der Waals surface area contributed by atoms with Crippen LogP contribution in [0.3, 0.4) is 0 Å². The third kappa shape index (κ3) is 4.47. The van der Waals surface area contributed by atoms with Gasteiger partial charge in [-0.05, 0) is 55.8 Å². The number of likely N-dealkylation sites (tertiary alicyclic amines) is 1. The number of nitrogens with zero attached hydrogens (tertiary/aromatic N) is 5. The summed E-state index contributed by atoms with van der Waals surface area (Å²) in [7, 11) is 0. The normalized spacial score (nSPS) is 21.1. The van der Waals surface area contributed by atoms with E-state index in [2.05, 4.69) is 49.3 Å². The Balaban J connectivity index is 1.11. The van der Waals surface area contributed by atoms with E-state index in [1.165, 1.54) is 30.4 Å². The molecule has 1 saturated carbocycles. The minimum Gasteiger partial charge on any atom is -0.415 e. The van der Waals surface area contributed by atoms with Gasteiger partial charge in [0.05, 0.1) is 24.8 Å². The van der Waals surface area contributed by atoms with E-state index >= 15 is 0 Å². The molecule has 2 saturated heterocycles. The van der Waals surface area contributed by atoms with Crippen LogP contribution < -0.4 is 0 Å². The summed E-state index contributed by atoms with van der Waals surface area (Å²) in [5.74, 6) is 0.676. The molecule has 0 unspecified atom stereocenters. The molecule has 9 heteroatoms. The summed E-state index contributed by atoms with van der Waals surface area (Å²) < 4.78 is 35.8. The number of hydrogen-bond donors (Lipinski definition) is 0. The molecule has 0 amide bonds. The Morgan fingerprint density at radius 2 is 1.71 bits per heavy atom. The SMILES string of the molecule is FC(F)c1nnc(-c2cnc(CC3(c4ccc(C5CCN(C6COC6)CC5)cc4)CCC3)nc2)o1. The van der Waals surface area contributed by atoms with Crippen molar-refractivity contribution in [3.05, 3.63) is 59.5 Å². The molecule has 0 bridgehead atoms. The third-order valence-electron chi connectivity index (χ3n) is 8.05. The lowest BCUT2D eigenvalue weighted by Crippen LogP contribution is -2.51. The number of piperidine rings is 1. The highest BCUT2D eigenvalue weighted by Crippen LogP contribution is 2.46. The quantitative estimate of drug-likeness (QED) is 0.484. The summed E-state index contributed by atoms with van der Waals surface area (Å²) >= 11 is 0. The van der Waals surface area contributed by atoms with E-state index in [-0.39, 0.29) is 11.3 Å². The molecule has 4 heterocycles. The number of hydrogen-bond acceptors (Lipinski definition) is 7. The van der Waals surface area contributed by atoms with Crippen LogP contribution in [0.4, 0.5) is 8.78 Å². The van der Waals surface area contributed by atoms with Gasteiger partial charge in [0.2, 0.25) is 0 Å². The summed E-state index contributed by atoms with van der Waals surface area (Å²) in [5, 5.41) is 7.03. The average Bonchev–Trinajstić information content (AvgIpc) is 3.32. The molecule has 1 aliphatic carbocycles. The zero-order valence-corrected chi connectivity index (χ0v) is 19.6. The number of ether oxygens (including phenoxy) is 1. The highest BCUT2D eigenvalue weighted by Gasteiger charge is 2.39. The molecule has 0 radical (unpaired) electrons. The molecule has 3 fully saturated rings. The van der Waals surface area contributed by atoms with E-state index in [4.69, 9.17) is 9.15 Å². The Hall–Kier alpha value is -2.78. The molecule has 2 aliphatic heterocycles. The fraction of sp³-hybridized carbons (Fsp3) is 0.538. The van der Waals surface area contributed by atoms with Crippen molar-refractivity contribution in [3.8, 4) is 11.5 Å². The van der Waals surface area contributed by atoms with Crippen LogP contribution in [-0.4, -0.2) is 57.4 Å². The lowest BCUT2D eigenvalue weighted by Gasteiger charge is -2.43. The fourth-order valence-electron chi connectivity index (χ4n) is 5.61. The molecule has 0 spiro atoms. The molecular formula is C26H29F2N5O2. The lowest BCUT2D eigenvalue weighted by atomic mass is 9.62. The fourth-order valence-corrected chi connectivity index (χ4v) is 5.61. The Bertz CT molecular complexity index is 1140. The van der Waals surface area contributed by atoms with Gasteiger partial charge >= 0.3 is 6.43 Å². The molecule has 3 aromatic rings. The first-order valence-corrected chi connectivity index (χ1v) is 12.4. The van der Waals surface area contributed by atoms with Gasteiger partial charge in [0.25, 0.3) is 11.8 Å². The first kappa shape index (κ1) is 22.7. The van der Waals surface area contributed by atoms with Crippen molar-refractivity contribution >= 4 is 0 Å². The van der Waals surface area contributed by atoms with Crippen LogP contribution >= 0.6 is 0 Å². The summed E-state index contributed by atoms with van der Waals surface area (Å²) in [6, 6.07) is 9.89. The first-order valence-electron chi connectivity index (χ1n) is 12.4. The maximum atomic E-state index is 12.7. The predicted octanol–water partition coefficient (Wildman–Crippen LogP) is 4.71. The minimum atomic E-state index is -2.79. The molecule has 6 rings (SSSR count). The summed E-state index contributed by atoms with van der Waals surface area (Å²) in [5.41, 5.74) is 3.29. The maximum absolute atomic E-state index is 12.7. The van der Waals surface area contributed by atoms with Crippen LogP contribution in [0, 0.1) is 0 Å². The van der Waals surface area contributed by atoms with Gasteiger partial charge in [0, 0.05) is 24.2 Å². The Kier molecular flexibility index (Phi) is 6.06. The van der Waals surface area contributed by atoms with Gasteiger partial charge in [-0.3, -0.25) is 4.90 Å². The standard InChI is InChI=1S/C26H29F2N5O2/c27-23(28)25-32-31-24(35-25)19-13-29-22(30-14-19)12-26(8-1-9-26)20-4-2-17(3-5-20)18-6-10-33(11-7-18)21-15-34-16-21/h2-5,13-14,18,21,23H,1,6-12,15-16H2. The van der Waals surface area contributed by atoms with Crippen molar-refractivity contribution in [2.75, 3.05) is 26.3 Å². The summed E-state index contributed by atoms with van der Waals surface area (Å²) in [4.78, 5) is 11.6. The first-order chi connectivity index (χ1) is 17.1. The number of benzene rings is 1. The van der Waals surface area contributed by atoms with Crippen LogP contribution in [0.1, 0.15) is 67.3 Å². The second kappa shape index (κ2) is 9.35. The van der Waals surface area contributed by atoms with Crippen molar-refractivity contribution < 1.29 is 17.9 Å². The molecule has 35 heavy (non-hydrogen) atoms. The second-order valence-electron chi connectivity index (χ2n) is 10.1. The van der Waals surface area contributed by atoms with E-state index < -0.39 is 12.3 Å². The third-order valence-corrected chi connectivity index (χ3v) is 8.05. The van der Waals surface area contributed by atoms with Crippen LogP contribution in [0.5, 0.6) is 0 Å². The Labute approximate surface area is 202 Å². The molecule has 0 N–H and O–H groups in total. The van der Waals surface area contributed by atoms with E-state index in [1.807, 2.05) is 0 Å². The average molecular weight is 482 g/mol. The van der Waals surface area contributed by atoms with E-state index in [9.17, 15) is 8.78 Å². The van der Waals surface area contributed by atoms with Crippen molar-refractivity contribution in [3.63, 3.8) is 0 Å². The van der Waals surface area contributed by atoms with Crippen molar-refractivity contribution in [2.24, 2.45) is 0 Å². The van der Waals surface area contributed by atoms with Gasteiger partial charge in [-0.15, -0.1) is 10.2 Å². The number of halogens is 2. The molecular weight excluding hydrogens is 452 g/mol. The molecule has 184 valence electrons. The predicted molar refractivity (Wildman–Crippen MR) is 124 cm³/mol. The van der Waals surface area contributed by atoms with Gasteiger partial charge in [0.1, 0.15) is 5.82 Å². The van der Waals surface area contributed by atoms with E-state index in [1.54, 1.807) is 12.4 Å². The Morgan fingerprint density at radius 3 is 2.26 bits per heavy atom. The van der Waals surface area contributed by atoms with Gasteiger partial charge in [-0.25, -0.2) is 9.97 Å².